The van der Waals surface area contributed by atoms with Crippen LogP contribution in [0.4, 0.5) is 10.3 Å². The van der Waals surface area contributed by atoms with E-state index in [4.69, 9.17) is 4.74 Å². The zero-order valence-corrected chi connectivity index (χ0v) is 16.9. The lowest BCUT2D eigenvalue weighted by atomic mass is 10.3. The molecule has 2 N–H and O–H groups in total. The number of rotatable bonds is 9. The molecule has 1 amide bonds. The van der Waals surface area contributed by atoms with Crippen LogP contribution in [0.2, 0.25) is 0 Å². The highest BCUT2D eigenvalue weighted by Crippen LogP contribution is 2.30. The van der Waals surface area contributed by atoms with Crippen LogP contribution in [0.15, 0.2) is 22.5 Å². The number of anilines is 2. The lowest BCUT2D eigenvalue weighted by Crippen LogP contribution is -2.13. The van der Waals surface area contributed by atoms with Crippen LogP contribution < -0.4 is 15.4 Å². The molecule has 0 aliphatic rings. The van der Waals surface area contributed by atoms with Crippen LogP contribution in [0.5, 0.6) is 5.75 Å². The molecule has 1 aromatic carbocycles. The molecule has 7 nitrogen and oxygen atoms in total. The first kappa shape index (κ1) is 18.9. The first-order valence-corrected chi connectivity index (χ1v) is 10.7. The second-order valence-corrected chi connectivity index (χ2v) is 8.57. The summed E-state index contributed by atoms with van der Waals surface area (Å²) in [5, 5.41) is 15.6. The fraction of sp³-hybridized carbons (Fsp3) is 0.375. The van der Waals surface area contributed by atoms with Gasteiger partial charge < -0.3 is 15.4 Å². The van der Waals surface area contributed by atoms with Gasteiger partial charge in [-0.1, -0.05) is 47.8 Å². The molecule has 0 aliphatic carbocycles. The third-order valence-corrected chi connectivity index (χ3v) is 6.33. The molecule has 0 spiro atoms. The Labute approximate surface area is 163 Å². The van der Waals surface area contributed by atoms with Gasteiger partial charge in [-0.15, -0.1) is 10.2 Å². The van der Waals surface area contributed by atoms with Crippen LogP contribution in [0.25, 0.3) is 10.2 Å². The maximum Gasteiger partial charge on any atom is 0.236 e. The van der Waals surface area contributed by atoms with E-state index >= 15 is 0 Å². The first-order chi connectivity index (χ1) is 12.7. The molecule has 2 aromatic heterocycles. The highest BCUT2D eigenvalue weighted by atomic mass is 32.2. The average Bonchev–Trinajstić information content (AvgIpc) is 3.25. The van der Waals surface area contributed by atoms with Crippen LogP contribution >= 0.6 is 34.4 Å². The van der Waals surface area contributed by atoms with E-state index in [9.17, 15) is 4.79 Å². The molecule has 0 unspecified atom stereocenters. The van der Waals surface area contributed by atoms with Crippen molar-refractivity contribution < 1.29 is 9.53 Å². The Balaban J connectivity index is 1.51. The van der Waals surface area contributed by atoms with E-state index in [1.54, 1.807) is 7.11 Å². The standard InChI is InChI=1S/C16H19N5O2S3/c1-3-4-7-17-14-20-21-16(26-14)24-9-13(22)19-15-18-11-6-5-10(23-2)8-12(11)25-15/h5-6,8H,3-4,7,9H2,1-2H3,(H,17,20)(H,18,19,22). The van der Waals surface area contributed by atoms with Crippen molar-refractivity contribution in [1.82, 2.24) is 15.2 Å². The fourth-order valence-corrected chi connectivity index (χ4v) is 4.57. The number of hydrogen-bond donors (Lipinski definition) is 2. The Kier molecular flexibility index (Phi) is 6.64. The zero-order valence-electron chi connectivity index (χ0n) is 14.4. The number of ether oxygens (including phenoxy) is 1. The van der Waals surface area contributed by atoms with E-state index in [0.717, 1.165) is 44.8 Å². The van der Waals surface area contributed by atoms with E-state index in [0.29, 0.717) is 5.13 Å². The van der Waals surface area contributed by atoms with E-state index in [2.05, 4.69) is 32.7 Å². The summed E-state index contributed by atoms with van der Waals surface area (Å²) in [5.41, 5.74) is 0.839. The molecule has 26 heavy (non-hydrogen) atoms. The van der Waals surface area contributed by atoms with Crippen molar-refractivity contribution in [1.29, 1.82) is 0 Å². The van der Waals surface area contributed by atoms with Crippen molar-refractivity contribution in [3.63, 3.8) is 0 Å². The van der Waals surface area contributed by atoms with Gasteiger partial charge in [0, 0.05) is 6.54 Å². The predicted octanol–water partition coefficient (Wildman–Crippen LogP) is 4.10. The summed E-state index contributed by atoms with van der Waals surface area (Å²) in [6, 6.07) is 5.64. The Morgan fingerprint density at radius 1 is 1.27 bits per heavy atom. The number of carbonyl (C=O) groups is 1. The second-order valence-electron chi connectivity index (χ2n) is 5.34. The van der Waals surface area contributed by atoms with E-state index in [1.165, 1.54) is 34.4 Å². The van der Waals surface area contributed by atoms with E-state index in [-0.39, 0.29) is 11.7 Å². The molecule has 0 radical (unpaired) electrons. The Hall–Kier alpha value is -1.91. The summed E-state index contributed by atoms with van der Waals surface area (Å²) < 4.78 is 6.95. The van der Waals surface area contributed by atoms with Crippen LogP contribution in [0, 0.1) is 0 Å². The van der Waals surface area contributed by atoms with Gasteiger partial charge in [0.05, 0.1) is 23.1 Å². The number of thioether (sulfide) groups is 1. The molecule has 0 aliphatic heterocycles. The maximum absolute atomic E-state index is 12.2. The van der Waals surface area contributed by atoms with E-state index in [1.807, 2.05) is 18.2 Å². The number of nitrogens with zero attached hydrogens (tertiary/aromatic N) is 3. The van der Waals surface area contributed by atoms with Gasteiger partial charge in [-0.3, -0.25) is 4.79 Å². The molecule has 3 aromatic rings. The number of methoxy groups -OCH3 is 1. The van der Waals surface area contributed by atoms with Crippen molar-refractivity contribution in [3.8, 4) is 5.75 Å². The third kappa shape index (κ3) is 5.05. The molecule has 2 heterocycles. The van der Waals surface area contributed by atoms with Gasteiger partial charge >= 0.3 is 0 Å². The number of hydrogen-bond acceptors (Lipinski definition) is 9. The summed E-state index contributed by atoms with van der Waals surface area (Å²) in [7, 11) is 1.63. The molecule has 138 valence electrons. The van der Waals surface area contributed by atoms with Gasteiger partial charge in [-0.05, 0) is 24.6 Å². The van der Waals surface area contributed by atoms with Crippen LogP contribution in [-0.2, 0) is 4.79 Å². The molecule has 3 rings (SSSR count). The first-order valence-electron chi connectivity index (χ1n) is 8.12. The molecule has 10 heteroatoms. The Morgan fingerprint density at radius 3 is 2.96 bits per heavy atom. The van der Waals surface area contributed by atoms with E-state index < -0.39 is 0 Å². The molecular weight excluding hydrogens is 390 g/mol. The quantitative estimate of drug-likeness (QED) is 0.406. The minimum atomic E-state index is -0.114. The smallest absolute Gasteiger partial charge is 0.236 e. The van der Waals surface area contributed by atoms with Gasteiger partial charge in [-0.2, -0.15) is 0 Å². The Bertz CT molecular complexity index is 880. The third-order valence-electron chi connectivity index (χ3n) is 3.38. The number of thiazole rings is 1. The second kappa shape index (κ2) is 9.15. The molecule has 0 bridgehead atoms. The minimum Gasteiger partial charge on any atom is -0.497 e. The number of carbonyl (C=O) groups excluding carboxylic acids is 1. The summed E-state index contributed by atoms with van der Waals surface area (Å²) in [6.07, 6.45) is 2.23. The summed E-state index contributed by atoms with van der Waals surface area (Å²) in [4.78, 5) is 16.6. The predicted molar refractivity (Wildman–Crippen MR) is 109 cm³/mol. The van der Waals surface area contributed by atoms with Crippen molar-refractivity contribution in [2.75, 3.05) is 30.0 Å². The average molecular weight is 410 g/mol. The van der Waals surface area contributed by atoms with Crippen molar-refractivity contribution in [3.05, 3.63) is 18.2 Å². The van der Waals surface area contributed by atoms with Gasteiger partial charge in [-0.25, -0.2) is 4.98 Å². The normalized spacial score (nSPS) is 10.8. The van der Waals surface area contributed by atoms with Crippen molar-refractivity contribution in [2.45, 2.75) is 24.1 Å². The summed E-state index contributed by atoms with van der Waals surface area (Å²) >= 11 is 4.26. The summed E-state index contributed by atoms with van der Waals surface area (Å²) in [6.45, 7) is 3.03. The van der Waals surface area contributed by atoms with Gasteiger partial charge in [0.1, 0.15) is 5.75 Å². The van der Waals surface area contributed by atoms with Gasteiger partial charge in [0.25, 0.3) is 0 Å². The highest BCUT2D eigenvalue weighted by Gasteiger charge is 2.11. The largest absolute Gasteiger partial charge is 0.497 e. The van der Waals surface area contributed by atoms with Crippen LogP contribution in [0.3, 0.4) is 0 Å². The SMILES string of the molecule is CCCCNc1nnc(SCC(=O)Nc2nc3ccc(OC)cc3s2)s1. The lowest BCUT2D eigenvalue weighted by molar-refractivity contribution is -0.113. The van der Waals surface area contributed by atoms with Crippen LogP contribution in [0.1, 0.15) is 19.8 Å². The number of fused-ring (bicyclic) bond motifs is 1. The molecule has 0 saturated heterocycles. The monoisotopic (exact) mass is 409 g/mol. The highest BCUT2D eigenvalue weighted by molar-refractivity contribution is 8.01. The molecular formula is C16H19N5O2S3. The van der Waals surface area contributed by atoms with Crippen molar-refractivity contribution in [2.24, 2.45) is 0 Å². The van der Waals surface area contributed by atoms with Gasteiger partial charge in [0.2, 0.25) is 11.0 Å². The number of amides is 1. The van der Waals surface area contributed by atoms with Gasteiger partial charge in [0.15, 0.2) is 9.47 Å². The topological polar surface area (TPSA) is 89.0 Å². The Morgan fingerprint density at radius 2 is 2.15 bits per heavy atom. The fourth-order valence-electron chi connectivity index (χ4n) is 2.08. The molecule has 0 saturated carbocycles. The van der Waals surface area contributed by atoms with Crippen molar-refractivity contribution >= 4 is 60.8 Å². The molecule has 0 atom stereocenters. The number of benzene rings is 1. The maximum atomic E-state index is 12.2. The number of nitrogens with one attached hydrogen (secondary N) is 2. The summed E-state index contributed by atoms with van der Waals surface area (Å²) in [5.74, 6) is 0.925. The minimum absolute atomic E-state index is 0.114. The number of unbranched alkanes of at least 4 members (excludes halogenated alkanes) is 1. The van der Waals surface area contributed by atoms with Crippen LogP contribution in [-0.4, -0.2) is 40.5 Å². The lowest BCUT2D eigenvalue weighted by Gasteiger charge is -1.99. The number of aromatic nitrogens is 3. The molecule has 0 fully saturated rings. The zero-order chi connectivity index (χ0) is 18.4.